The number of carbonyl (C=O) groups is 2. The fourth-order valence-corrected chi connectivity index (χ4v) is 5.15. The maximum absolute atomic E-state index is 12.8. The Morgan fingerprint density at radius 3 is 1.95 bits per heavy atom. The van der Waals surface area contributed by atoms with Crippen LogP contribution in [-0.4, -0.2) is 106 Å². The number of anilines is 2. The molecule has 44 heavy (non-hydrogen) atoms. The average molecular weight is 687 g/mol. The summed E-state index contributed by atoms with van der Waals surface area (Å²) in [6.07, 6.45) is -8.38. The summed E-state index contributed by atoms with van der Waals surface area (Å²) in [4.78, 5) is 23.1. The minimum Gasteiger partial charge on any atom is -0.475 e. The van der Waals surface area contributed by atoms with Gasteiger partial charge >= 0.3 is 24.3 Å². The van der Waals surface area contributed by atoms with Crippen molar-refractivity contribution >= 4 is 43.6 Å². The van der Waals surface area contributed by atoms with Crippen molar-refractivity contribution in [3.63, 3.8) is 0 Å². The highest BCUT2D eigenvalue weighted by Gasteiger charge is 2.39. The fraction of sp³-hybridized carbons (Fsp3) is 0.294. The third-order valence-corrected chi connectivity index (χ3v) is 6.87. The van der Waals surface area contributed by atoms with E-state index in [1.54, 1.807) is 0 Å². The van der Waals surface area contributed by atoms with Gasteiger partial charge in [-0.2, -0.15) is 31.6 Å². The number of aromatic nitrogens is 6. The van der Waals surface area contributed by atoms with Crippen molar-refractivity contribution in [3.8, 4) is 11.4 Å². The van der Waals surface area contributed by atoms with Gasteiger partial charge in [0.25, 0.3) is 0 Å². The third-order valence-electron chi connectivity index (χ3n) is 4.28. The van der Waals surface area contributed by atoms with Crippen molar-refractivity contribution in [3.05, 3.63) is 24.5 Å². The van der Waals surface area contributed by atoms with Crippen molar-refractivity contribution < 1.29 is 68.1 Å². The molecule has 1 aromatic carbocycles. The molecule has 0 unspecified atom stereocenters. The molecular formula is C17H20F6N10O9S2. The van der Waals surface area contributed by atoms with Gasteiger partial charge in [-0.05, 0) is 17.3 Å². The number of nitrogens with two attached hydrogens (primary N) is 2. The molecule has 19 nitrogen and oxygen atoms in total. The maximum Gasteiger partial charge on any atom is 0.490 e. The number of carboxylic acid groups (broad SMARTS) is 2. The lowest BCUT2D eigenvalue weighted by atomic mass is 10.1. The van der Waals surface area contributed by atoms with E-state index in [1.807, 2.05) is 0 Å². The van der Waals surface area contributed by atoms with Crippen molar-refractivity contribution in [2.75, 3.05) is 18.4 Å². The number of tetrazole rings is 1. The third kappa shape index (κ3) is 11.3. The van der Waals surface area contributed by atoms with E-state index in [1.165, 1.54) is 18.5 Å². The smallest absolute Gasteiger partial charge is 0.475 e. The van der Waals surface area contributed by atoms with E-state index in [9.17, 15) is 48.3 Å². The number of alkyl halides is 6. The topological polar surface area (TPSA) is 322 Å². The van der Waals surface area contributed by atoms with Crippen LogP contribution in [0.1, 0.15) is 0 Å². The molecule has 0 aliphatic heterocycles. The zero-order chi connectivity index (χ0) is 34.1. The van der Waals surface area contributed by atoms with Gasteiger partial charge in [0.05, 0.1) is 17.4 Å². The molecule has 0 amide bonds. The second kappa shape index (κ2) is 14.8. The molecule has 27 heteroatoms. The van der Waals surface area contributed by atoms with Gasteiger partial charge in [-0.15, -0.1) is 10.2 Å². The van der Waals surface area contributed by atoms with Crippen LogP contribution in [0.3, 0.4) is 0 Å². The van der Waals surface area contributed by atoms with Crippen molar-refractivity contribution in [1.82, 2.24) is 35.3 Å². The summed E-state index contributed by atoms with van der Waals surface area (Å²) in [5.74, 6) is -5.51. The first-order chi connectivity index (χ1) is 20.0. The number of aliphatic carboxylic acids is 2. The first-order valence-electron chi connectivity index (χ1n) is 10.7. The first kappa shape index (κ1) is 37.6. The first-order valence-corrected chi connectivity index (χ1v) is 13.7. The molecule has 0 radical (unpaired) electrons. The highest BCUT2D eigenvalue weighted by molar-refractivity contribution is 7.92. The van der Waals surface area contributed by atoms with Gasteiger partial charge in [-0.1, -0.05) is 0 Å². The molecule has 0 aliphatic rings. The summed E-state index contributed by atoms with van der Waals surface area (Å²) in [5, 5.41) is 45.0. The number of carboxylic acids is 2. The lowest BCUT2D eigenvalue weighted by Crippen LogP contribution is -2.36. The van der Waals surface area contributed by atoms with Crippen LogP contribution in [0.4, 0.5) is 38.0 Å². The number of aliphatic hydroxyl groups excluding tert-OH is 1. The molecule has 0 spiro atoms. The minimum atomic E-state index is -5.08. The van der Waals surface area contributed by atoms with Gasteiger partial charge in [0.1, 0.15) is 9.79 Å². The zero-order valence-electron chi connectivity index (χ0n) is 21.1. The average Bonchev–Trinajstić information content (AvgIpc) is 3.61. The van der Waals surface area contributed by atoms with Gasteiger partial charge in [-0.25, -0.2) is 41.3 Å². The molecule has 0 bridgehead atoms. The number of rotatable bonds is 9. The number of hydrogen-bond donors (Lipinski definition) is 9. The monoisotopic (exact) mass is 686 g/mol. The van der Waals surface area contributed by atoms with Crippen LogP contribution in [0.2, 0.25) is 0 Å². The molecular weight excluding hydrogens is 666 g/mol. The van der Waals surface area contributed by atoms with E-state index in [4.69, 9.17) is 30.7 Å². The second-order valence-corrected chi connectivity index (χ2v) is 10.7. The number of sulfonamides is 2. The molecule has 2 aromatic heterocycles. The molecule has 2 heterocycles. The van der Waals surface area contributed by atoms with Gasteiger partial charge in [0, 0.05) is 25.5 Å². The number of benzene rings is 1. The Hall–Kier alpha value is -4.44. The molecule has 0 saturated carbocycles. The highest BCUT2D eigenvalue weighted by atomic mass is 32.2. The molecule has 3 rings (SSSR count). The zero-order valence-corrected chi connectivity index (χ0v) is 22.8. The summed E-state index contributed by atoms with van der Waals surface area (Å²) < 4.78 is 116. The van der Waals surface area contributed by atoms with Crippen LogP contribution in [0.5, 0.6) is 0 Å². The Morgan fingerprint density at radius 1 is 1.02 bits per heavy atom. The molecule has 1 atom stereocenters. The summed E-state index contributed by atoms with van der Waals surface area (Å²) >= 11 is 0. The maximum atomic E-state index is 12.8. The number of nitrogens with one attached hydrogen (secondary N) is 4. The van der Waals surface area contributed by atoms with Crippen molar-refractivity contribution in [1.29, 1.82) is 0 Å². The number of aromatic amines is 2. The van der Waals surface area contributed by atoms with Crippen LogP contribution in [0.15, 0.2) is 34.3 Å². The Labute approximate surface area is 240 Å². The highest BCUT2D eigenvalue weighted by Crippen LogP contribution is 2.37. The number of imidazole rings is 1. The van der Waals surface area contributed by atoms with Crippen LogP contribution in [0.25, 0.3) is 11.4 Å². The summed E-state index contributed by atoms with van der Waals surface area (Å²) in [6, 6.07) is 2.32. The Kier molecular flexibility index (Phi) is 12.7. The summed E-state index contributed by atoms with van der Waals surface area (Å²) in [5.41, 5.74) is 5.12. The van der Waals surface area contributed by atoms with E-state index >= 15 is 0 Å². The SMILES string of the molecule is NC[C@@H](O)CNS(=O)(=O)c1ccc(Nc2ncc[nH]2)c(-c2nn[nH]n2)c1S(N)(=O)=O.O=C(O)C(F)(F)F.O=C(O)C(F)(F)F. The number of primary sulfonamides is 1. The standard InChI is InChI=1S/C13H18N10O5S2.2C2HF3O2/c14-5-7(24)6-18-30(27,28)9-2-1-8(19-13-16-3-4-17-13)10(11(9)29(15,25)26)12-20-22-23-21-12;2*3-2(4,5)1(6)7/h1-4,7,18,24H,5-6,14H2,(H2,15,25,26)(H2,16,17,19)(H,20,21,22,23);2*(H,6,7)/t7-;;/m1../s1. The molecule has 0 aliphatic carbocycles. The largest absolute Gasteiger partial charge is 0.490 e. The second-order valence-electron chi connectivity index (χ2n) is 7.51. The number of halogens is 6. The quantitative estimate of drug-likeness (QED) is 0.120. The summed E-state index contributed by atoms with van der Waals surface area (Å²) in [6.45, 7) is -0.641. The van der Waals surface area contributed by atoms with Crippen LogP contribution >= 0.6 is 0 Å². The molecule has 0 fully saturated rings. The summed E-state index contributed by atoms with van der Waals surface area (Å²) in [7, 11) is -9.05. The van der Waals surface area contributed by atoms with E-state index < -0.39 is 66.8 Å². The van der Waals surface area contributed by atoms with E-state index in [0.29, 0.717) is 0 Å². The Bertz CT molecular complexity index is 1590. The minimum absolute atomic E-state index is 0.0938. The van der Waals surface area contributed by atoms with Crippen molar-refractivity contribution in [2.24, 2.45) is 10.9 Å². The van der Waals surface area contributed by atoms with E-state index in [0.717, 1.165) is 6.07 Å². The number of hydrogen-bond acceptors (Lipinski definition) is 13. The molecule has 3 aromatic rings. The fourth-order valence-electron chi connectivity index (χ4n) is 2.48. The molecule has 246 valence electrons. The lowest BCUT2D eigenvalue weighted by Gasteiger charge is -2.17. The molecule has 0 saturated heterocycles. The van der Waals surface area contributed by atoms with E-state index in [-0.39, 0.29) is 29.6 Å². The van der Waals surface area contributed by atoms with E-state index in [2.05, 4.69) is 40.6 Å². The van der Waals surface area contributed by atoms with Gasteiger partial charge < -0.3 is 31.4 Å². The normalized spacial score (nSPS) is 12.7. The molecule has 11 N–H and O–H groups in total. The number of H-pyrrole nitrogens is 2. The Balaban J connectivity index is 0.000000574. The van der Waals surface area contributed by atoms with Gasteiger partial charge in [0.15, 0.2) is 0 Å². The van der Waals surface area contributed by atoms with Gasteiger partial charge in [0.2, 0.25) is 31.8 Å². The van der Waals surface area contributed by atoms with Crippen LogP contribution in [0, 0.1) is 0 Å². The number of nitrogens with zero attached hydrogens (tertiary/aromatic N) is 4. The predicted molar refractivity (Wildman–Crippen MR) is 130 cm³/mol. The predicted octanol–water partition coefficient (Wildman–Crippen LogP) is -1.15. The Morgan fingerprint density at radius 2 is 1.57 bits per heavy atom. The van der Waals surface area contributed by atoms with Gasteiger partial charge in [-0.3, -0.25) is 0 Å². The number of aliphatic hydroxyl groups is 1. The van der Waals surface area contributed by atoms with Crippen molar-refractivity contribution in [2.45, 2.75) is 28.2 Å². The van der Waals surface area contributed by atoms with Crippen LogP contribution in [-0.2, 0) is 29.6 Å². The lowest BCUT2D eigenvalue weighted by molar-refractivity contribution is -0.193. The van der Waals surface area contributed by atoms with Crippen LogP contribution < -0.4 is 20.9 Å².